The zero-order valence-electron chi connectivity index (χ0n) is 14.2. The van der Waals surface area contributed by atoms with Crippen molar-refractivity contribution in [1.82, 2.24) is 19.5 Å². The van der Waals surface area contributed by atoms with Crippen molar-refractivity contribution in [2.45, 2.75) is 62.4 Å². The monoisotopic (exact) mass is 365 g/mol. The molecule has 0 aromatic carbocycles. The molecule has 26 heavy (non-hydrogen) atoms. The Kier molecular flexibility index (Phi) is 4.76. The third-order valence-electron chi connectivity index (χ3n) is 5.14. The zero-order valence-corrected chi connectivity index (χ0v) is 14.2. The van der Waals surface area contributed by atoms with E-state index < -0.39 is 30.6 Å². The standard InChI is InChI=1S/C16H23N5O5/c17-14-11-15(19-6-18-14)21(7-20-11)16-13(24)12(23)10(26-16)5-25-9-4-2-1-3-8(9)22/h6-10,12-13,16,22-24H,1-5H2,(H2,17,18,19)/t8-,9+,10+,12+,13+,16+/m0/s1. The third-order valence-corrected chi connectivity index (χ3v) is 5.14. The SMILES string of the molecule is Nc1ncnc2c1ncn2[C@@H]1O[C@H](CO[C@@H]2CCCC[C@@H]2O)[C@@H](O)[C@H]1O. The average molecular weight is 365 g/mol. The number of aliphatic hydroxyl groups excluding tert-OH is 3. The minimum Gasteiger partial charge on any atom is -0.390 e. The summed E-state index contributed by atoms with van der Waals surface area (Å²) in [6, 6.07) is 0. The molecule has 0 unspecified atom stereocenters. The topological polar surface area (TPSA) is 149 Å². The second kappa shape index (κ2) is 7.05. The number of aromatic nitrogens is 4. The first-order valence-electron chi connectivity index (χ1n) is 8.80. The molecule has 1 saturated heterocycles. The smallest absolute Gasteiger partial charge is 0.167 e. The number of nitrogen functional groups attached to an aromatic ring is 1. The summed E-state index contributed by atoms with van der Waals surface area (Å²) in [6.45, 7) is 0.0835. The fourth-order valence-electron chi connectivity index (χ4n) is 3.64. The fraction of sp³-hybridized carbons (Fsp3) is 0.688. The van der Waals surface area contributed by atoms with E-state index >= 15 is 0 Å². The molecule has 1 aliphatic carbocycles. The van der Waals surface area contributed by atoms with Crippen LogP contribution in [0, 0.1) is 0 Å². The van der Waals surface area contributed by atoms with Gasteiger partial charge in [0.1, 0.15) is 30.2 Å². The Morgan fingerprint density at radius 1 is 1.15 bits per heavy atom. The van der Waals surface area contributed by atoms with Gasteiger partial charge in [-0.05, 0) is 12.8 Å². The van der Waals surface area contributed by atoms with E-state index in [0.717, 1.165) is 19.3 Å². The molecule has 2 aromatic rings. The van der Waals surface area contributed by atoms with Crippen molar-refractivity contribution in [2.75, 3.05) is 12.3 Å². The summed E-state index contributed by atoms with van der Waals surface area (Å²) in [6.07, 6.45) is 1.58. The second-order valence-electron chi connectivity index (χ2n) is 6.85. The number of fused-ring (bicyclic) bond motifs is 1. The molecule has 0 bridgehead atoms. The lowest BCUT2D eigenvalue weighted by molar-refractivity contribution is -0.113. The van der Waals surface area contributed by atoms with Gasteiger partial charge in [-0.1, -0.05) is 12.8 Å². The molecule has 5 N–H and O–H groups in total. The van der Waals surface area contributed by atoms with Crippen LogP contribution in [0.3, 0.4) is 0 Å². The van der Waals surface area contributed by atoms with Gasteiger partial charge in [0.05, 0.1) is 25.1 Å². The van der Waals surface area contributed by atoms with E-state index in [9.17, 15) is 15.3 Å². The molecule has 2 aromatic heterocycles. The van der Waals surface area contributed by atoms with E-state index in [1.807, 2.05) is 0 Å². The maximum atomic E-state index is 10.4. The van der Waals surface area contributed by atoms with Crippen LogP contribution in [0.2, 0.25) is 0 Å². The summed E-state index contributed by atoms with van der Waals surface area (Å²) in [4.78, 5) is 12.2. The van der Waals surface area contributed by atoms with E-state index in [1.54, 1.807) is 0 Å². The van der Waals surface area contributed by atoms with Gasteiger partial charge in [0.15, 0.2) is 17.7 Å². The highest BCUT2D eigenvalue weighted by atomic mass is 16.6. The number of ether oxygens (including phenoxy) is 2. The van der Waals surface area contributed by atoms with Crippen molar-refractivity contribution in [3.63, 3.8) is 0 Å². The van der Waals surface area contributed by atoms with Crippen molar-refractivity contribution in [3.8, 4) is 0 Å². The van der Waals surface area contributed by atoms with Crippen LogP contribution in [-0.2, 0) is 9.47 Å². The van der Waals surface area contributed by atoms with Gasteiger partial charge < -0.3 is 30.5 Å². The highest BCUT2D eigenvalue weighted by molar-refractivity contribution is 5.81. The summed E-state index contributed by atoms with van der Waals surface area (Å²) in [5, 5.41) is 30.7. The molecule has 0 radical (unpaired) electrons. The van der Waals surface area contributed by atoms with Gasteiger partial charge in [-0.15, -0.1) is 0 Å². The summed E-state index contributed by atoms with van der Waals surface area (Å²) < 4.78 is 13.1. The van der Waals surface area contributed by atoms with Gasteiger partial charge >= 0.3 is 0 Å². The van der Waals surface area contributed by atoms with E-state index in [2.05, 4.69) is 15.0 Å². The minimum atomic E-state index is -1.17. The van der Waals surface area contributed by atoms with E-state index in [4.69, 9.17) is 15.2 Å². The summed E-state index contributed by atoms with van der Waals surface area (Å²) in [7, 11) is 0. The summed E-state index contributed by atoms with van der Waals surface area (Å²) >= 11 is 0. The largest absolute Gasteiger partial charge is 0.390 e. The summed E-state index contributed by atoms with van der Waals surface area (Å²) in [5.41, 5.74) is 6.60. The highest BCUT2D eigenvalue weighted by Crippen LogP contribution is 2.32. The van der Waals surface area contributed by atoms with Crippen LogP contribution in [-0.4, -0.2) is 72.0 Å². The van der Waals surface area contributed by atoms with E-state index in [-0.39, 0.29) is 18.5 Å². The Labute approximate surface area is 149 Å². The van der Waals surface area contributed by atoms with Crippen molar-refractivity contribution in [3.05, 3.63) is 12.7 Å². The Balaban J connectivity index is 1.48. The molecular weight excluding hydrogens is 342 g/mol. The number of anilines is 1. The zero-order chi connectivity index (χ0) is 18.3. The minimum absolute atomic E-state index is 0.0835. The van der Waals surface area contributed by atoms with Crippen LogP contribution in [0.4, 0.5) is 5.82 Å². The van der Waals surface area contributed by atoms with Crippen LogP contribution in [0.25, 0.3) is 11.2 Å². The quantitative estimate of drug-likeness (QED) is 0.554. The summed E-state index contributed by atoms with van der Waals surface area (Å²) in [5.74, 6) is 0.230. The van der Waals surface area contributed by atoms with E-state index in [1.165, 1.54) is 17.2 Å². The molecule has 10 nitrogen and oxygen atoms in total. The highest BCUT2D eigenvalue weighted by Gasteiger charge is 2.45. The predicted molar refractivity (Wildman–Crippen MR) is 89.9 cm³/mol. The number of aliphatic hydroxyl groups is 3. The fourth-order valence-corrected chi connectivity index (χ4v) is 3.64. The first kappa shape index (κ1) is 17.6. The van der Waals surface area contributed by atoms with Crippen molar-refractivity contribution in [1.29, 1.82) is 0 Å². The normalized spacial score (nSPS) is 35.2. The molecule has 3 heterocycles. The van der Waals surface area contributed by atoms with Crippen LogP contribution >= 0.6 is 0 Å². The average Bonchev–Trinajstić information content (AvgIpc) is 3.18. The molecule has 2 fully saturated rings. The van der Waals surface area contributed by atoms with Crippen molar-refractivity contribution < 1.29 is 24.8 Å². The number of rotatable bonds is 4. The lowest BCUT2D eigenvalue weighted by Crippen LogP contribution is -2.38. The number of nitrogens with two attached hydrogens (primary N) is 1. The maximum absolute atomic E-state index is 10.4. The molecule has 0 spiro atoms. The lowest BCUT2D eigenvalue weighted by atomic mass is 9.95. The molecule has 6 atom stereocenters. The molecule has 1 saturated carbocycles. The van der Waals surface area contributed by atoms with Crippen molar-refractivity contribution in [2.24, 2.45) is 0 Å². The van der Waals surface area contributed by atoms with Gasteiger partial charge in [-0.25, -0.2) is 15.0 Å². The van der Waals surface area contributed by atoms with Gasteiger partial charge in [0, 0.05) is 0 Å². The van der Waals surface area contributed by atoms with E-state index in [0.29, 0.717) is 17.6 Å². The maximum Gasteiger partial charge on any atom is 0.167 e. The molecule has 142 valence electrons. The van der Waals surface area contributed by atoms with Gasteiger partial charge in [-0.2, -0.15) is 0 Å². The third kappa shape index (κ3) is 3.03. The van der Waals surface area contributed by atoms with Gasteiger partial charge in [0.25, 0.3) is 0 Å². The van der Waals surface area contributed by atoms with Crippen molar-refractivity contribution >= 4 is 17.0 Å². The molecule has 0 amide bonds. The number of imidazole rings is 1. The second-order valence-corrected chi connectivity index (χ2v) is 6.85. The Morgan fingerprint density at radius 2 is 1.96 bits per heavy atom. The molecule has 2 aliphatic rings. The van der Waals surface area contributed by atoms with Crippen LogP contribution in [0.5, 0.6) is 0 Å². The van der Waals surface area contributed by atoms with Crippen LogP contribution < -0.4 is 5.73 Å². The van der Waals surface area contributed by atoms with Gasteiger partial charge in [0.2, 0.25) is 0 Å². The first-order valence-corrected chi connectivity index (χ1v) is 8.80. The lowest BCUT2D eigenvalue weighted by Gasteiger charge is -2.29. The predicted octanol–water partition coefficient (Wildman–Crippen LogP) is -0.652. The Bertz CT molecular complexity index is 771. The first-order chi connectivity index (χ1) is 12.6. The number of nitrogens with zero attached hydrogens (tertiary/aromatic N) is 4. The molecular formula is C16H23N5O5. The molecule has 10 heteroatoms. The number of hydrogen-bond donors (Lipinski definition) is 4. The molecule has 4 rings (SSSR count). The Hall–Kier alpha value is -1.85. The van der Waals surface area contributed by atoms with Gasteiger partial charge in [-0.3, -0.25) is 4.57 Å². The number of hydrogen-bond acceptors (Lipinski definition) is 9. The molecule has 1 aliphatic heterocycles. The van der Waals surface area contributed by atoms with Crippen LogP contribution in [0.1, 0.15) is 31.9 Å². The Morgan fingerprint density at radius 3 is 2.77 bits per heavy atom. The van der Waals surface area contributed by atoms with Crippen LogP contribution in [0.15, 0.2) is 12.7 Å².